The van der Waals surface area contributed by atoms with Crippen molar-refractivity contribution in [1.29, 1.82) is 0 Å². The lowest BCUT2D eigenvalue weighted by Gasteiger charge is -2.13. The zero-order valence-corrected chi connectivity index (χ0v) is 16.0. The van der Waals surface area contributed by atoms with Crippen molar-refractivity contribution < 1.29 is 9.90 Å². The van der Waals surface area contributed by atoms with Gasteiger partial charge in [0.15, 0.2) is 0 Å². The number of benzene rings is 1. The molecule has 2 N–H and O–H groups in total. The maximum Gasteiger partial charge on any atom is 0.237 e. The summed E-state index contributed by atoms with van der Waals surface area (Å²) in [7, 11) is 0. The first-order valence-corrected chi connectivity index (χ1v) is 9.74. The molecule has 0 fully saturated rings. The Hall–Kier alpha value is -1.83. The Labute approximate surface area is 158 Å². The minimum atomic E-state index is -0.401. The number of hydrogen-bond acceptors (Lipinski definition) is 6. The summed E-state index contributed by atoms with van der Waals surface area (Å²) in [6.45, 7) is 3.89. The number of thiophene rings is 1. The van der Waals surface area contributed by atoms with Crippen LogP contribution in [0.1, 0.15) is 18.7 Å². The van der Waals surface area contributed by atoms with Gasteiger partial charge in [-0.05, 0) is 37.6 Å². The Kier molecular flexibility index (Phi) is 5.46. The molecule has 0 saturated carbocycles. The van der Waals surface area contributed by atoms with Gasteiger partial charge < -0.3 is 10.4 Å². The van der Waals surface area contributed by atoms with E-state index in [9.17, 15) is 9.90 Å². The summed E-state index contributed by atoms with van der Waals surface area (Å²) in [6.07, 6.45) is 2.46. The van der Waals surface area contributed by atoms with Gasteiger partial charge in [0.25, 0.3) is 0 Å². The highest BCUT2D eigenvalue weighted by atomic mass is 35.5. The van der Waals surface area contributed by atoms with Gasteiger partial charge in [-0.15, -0.1) is 11.3 Å². The van der Waals surface area contributed by atoms with Gasteiger partial charge in [-0.2, -0.15) is 0 Å². The molecule has 0 spiro atoms. The minimum absolute atomic E-state index is 0.0233. The zero-order chi connectivity index (χ0) is 18.0. The molecule has 2 aromatic heterocycles. The van der Waals surface area contributed by atoms with Crippen LogP contribution in [0.25, 0.3) is 10.2 Å². The molecular formula is C17H16ClN3O2S2. The Morgan fingerprint density at radius 1 is 1.40 bits per heavy atom. The summed E-state index contributed by atoms with van der Waals surface area (Å²) in [5, 5.41) is 14.3. The average Bonchev–Trinajstić information content (AvgIpc) is 3.02. The van der Waals surface area contributed by atoms with Crippen molar-refractivity contribution in [3.8, 4) is 5.75 Å². The first-order valence-electron chi connectivity index (χ1n) is 7.67. The first-order chi connectivity index (χ1) is 12.0. The van der Waals surface area contributed by atoms with E-state index in [-0.39, 0.29) is 11.7 Å². The van der Waals surface area contributed by atoms with Crippen LogP contribution in [0.2, 0.25) is 5.02 Å². The normalized spacial score (nSPS) is 12.3. The van der Waals surface area contributed by atoms with Crippen molar-refractivity contribution in [3.63, 3.8) is 0 Å². The molecular weight excluding hydrogens is 378 g/mol. The number of phenolic OH excluding ortho intramolecular Hbond substituents is 1. The standard InChI is InChI=1S/C17H16ClN3O2S2/c1-3-11-7-12-16(19-8-20-17(12)25-11)24-9(2)15(23)21-13-6-10(18)4-5-14(13)22/h4-9,22H,3H2,1-2H3,(H,21,23). The topological polar surface area (TPSA) is 75.1 Å². The number of nitrogens with zero attached hydrogens (tertiary/aromatic N) is 2. The molecule has 1 unspecified atom stereocenters. The van der Waals surface area contributed by atoms with Gasteiger partial charge in [0.2, 0.25) is 5.91 Å². The molecule has 0 aliphatic heterocycles. The van der Waals surface area contributed by atoms with Crippen LogP contribution in [0.3, 0.4) is 0 Å². The molecule has 3 rings (SSSR count). The van der Waals surface area contributed by atoms with Gasteiger partial charge in [0, 0.05) is 15.3 Å². The number of aryl methyl sites for hydroxylation is 1. The van der Waals surface area contributed by atoms with Crippen molar-refractivity contribution >= 4 is 56.5 Å². The molecule has 0 saturated heterocycles. The predicted octanol–water partition coefficient (Wildman–Crippen LogP) is 4.73. The van der Waals surface area contributed by atoms with E-state index in [1.165, 1.54) is 35.1 Å². The van der Waals surface area contributed by atoms with Gasteiger partial charge in [0.05, 0.1) is 10.9 Å². The SMILES string of the molecule is CCc1cc2c(SC(C)C(=O)Nc3cc(Cl)ccc3O)ncnc2s1. The van der Waals surface area contributed by atoms with E-state index >= 15 is 0 Å². The van der Waals surface area contributed by atoms with Crippen molar-refractivity contribution in [1.82, 2.24) is 9.97 Å². The number of halogens is 1. The Morgan fingerprint density at radius 2 is 2.20 bits per heavy atom. The number of nitrogens with one attached hydrogen (secondary N) is 1. The molecule has 3 aromatic rings. The molecule has 2 heterocycles. The molecule has 25 heavy (non-hydrogen) atoms. The Balaban J connectivity index is 1.77. The van der Waals surface area contributed by atoms with E-state index in [4.69, 9.17) is 11.6 Å². The van der Waals surface area contributed by atoms with Gasteiger partial charge in [-0.3, -0.25) is 4.79 Å². The number of carbonyl (C=O) groups excluding carboxylic acids is 1. The summed E-state index contributed by atoms with van der Waals surface area (Å²) in [5.74, 6) is -0.259. The van der Waals surface area contributed by atoms with Crippen LogP contribution in [-0.4, -0.2) is 26.2 Å². The average molecular weight is 394 g/mol. The Bertz CT molecular complexity index is 929. The molecule has 130 valence electrons. The van der Waals surface area contributed by atoms with Crippen molar-refractivity contribution in [2.24, 2.45) is 0 Å². The van der Waals surface area contributed by atoms with Gasteiger partial charge in [0.1, 0.15) is 21.9 Å². The predicted molar refractivity (Wildman–Crippen MR) is 104 cm³/mol. The number of carbonyl (C=O) groups is 1. The Morgan fingerprint density at radius 3 is 2.96 bits per heavy atom. The van der Waals surface area contributed by atoms with E-state index in [2.05, 4.69) is 28.3 Å². The molecule has 1 aromatic carbocycles. The molecule has 0 bridgehead atoms. The number of thioether (sulfide) groups is 1. The summed E-state index contributed by atoms with van der Waals surface area (Å²) in [6, 6.07) is 6.60. The molecule has 0 aliphatic rings. The number of anilines is 1. The van der Waals surface area contributed by atoms with E-state index in [1.54, 1.807) is 24.3 Å². The van der Waals surface area contributed by atoms with Crippen LogP contribution < -0.4 is 5.32 Å². The second-order valence-corrected chi connectivity index (χ2v) is 8.26. The lowest BCUT2D eigenvalue weighted by atomic mass is 10.3. The lowest BCUT2D eigenvalue weighted by Crippen LogP contribution is -2.22. The fraction of sp³-hybridized carbons (Fsp3) is 0.235. The summed E-state index contributed by atoms with van der Waals surface area (Å²) >= 11 is 8.91. The maximum atomic E-state index is 12.5. The monoisotopic (exact) mass is 393 g/mol. The molecule has 1 atom stereocenters. The third-order valence-electron chi connectivity index (χ3n) is 3.57. The third-order valence-corrected chi connectivity index (χ3v) is 6.11. The van der Waals surface area contributed by atoms with Crippen molar-refractivity contribution in [3.05, 3.63) is 40.5 Å². The highest BCUT2D eigenvalue weighted by molar-refractivity contribution is 8.00. The number of amides is 1. The summed E-state index contributed by atoms with van der Waals surface area (Å²) in [5.41, 5.74) is 0.293. The number of phenols is 1. The second-order valence-electron chi connectivity index (χ2n) is 5.37. The molecule has 5 nitrogen and oxygen atoms in total. The van der Waals surface area contributed by atoms with E-state index in [0.29, 0.717) is 10.7 Å². The highest BCUT2D eigenvalue weighted by Gasteiger charge is 2.19. The first kappa shape index (κ1) is 18.0. The third kappa shape index (κ3) is 4.05. The smallest absolute Gasteiger partial charge is 0.237 e. The van der Waals surface area contributed by atoms with Crippen LogP contribution in [0.5, 0.6) is 5.75 Å². The van der Waals surface area contributed by atoms with Gasteiger partial charge >= 0.3 is 0 Å². The number of rotatable bonds is 5. The molecule has 0 aliphatic carbocycles. The lowest BCUT2D eigenvalue weighted by molar-refractivity contribution is -0.115. The second kappa shape index (κ2) is 7.59. The quantitative estimate of drug-likeness (QED) is 0.372. The number of aromatic hydroxyl groups is 1. The number of fused-ring (bicyclic) bond motifs is 1. The van der Waals surface area contributed by atoms with Crippen LogP contribution >= 0.6 is 34.7 Å². The van der Waals surface area contributed by atoms with Crippen LogP contribution in [0, 0.1) is 0 Å². The molecule has 0 radical (unpaired) electrons. The van der Waals surface area contributed by atoms with Crippen LogP contribution in [-0.2, 0) is 11.2 Å². The highest BCUT2D eigenvalue weighted by Crippen LogP contribution is 2.34. The van der Waals surface area contributed by atoms with E-state index in [1.807, 2.05) is 0 Å². The molecule has 1 amide bonds. The fourth-order valence-electron chi connectivity index (χ4n) is 2.22. The van der Waals surface area contributed by atoms with Crippen LogP contribution in [0.15, 0.2) is 35.6 Å². The van der Waals surface area contributed by atoms with Crippen molar-refractivity contribution in [2.45, 2.75) is 30.5 Å². The van der Waals surface area contributed by atoms with Gasteiger partial charge in [-0.1, -0.05) is 30.3 Å². The summed E-state index contributed by atoms with van der Waals surface area (Å²) < 4.78 is 0. The van der Waals surface area contributed by atoms with Crippen LogP contribution in [0.4, 0.5) is 5.69 Å². The van der Waals surface area contributed by atoms with E-state index < -0.39 is 5.25 Å². The zero-order valence-electron chi connectivity index (χ0n) is 13.6. The minimum Gasteiger partial charge on any atom is -0.506 e. The molecule has 8 heteroatoms. The van der Waals surface area contributed by atoms with Crippen molar-refractivity contribution in [2.75, 3.05) is 5.32 Å². The van der Waals surface area contributed by atoms with E-state index in [0.717, 1.165) is 21.7 Å². The van der Waals surface area contributed by atoms with Gasteiger partial charge in [-0.25, -0.2) is 9.97 Å². The number of hydrogen-bond donors (Lipinski definition) is 2. The maximum absolute atomic E-state index is 12.5. The fourth-order valence-corrected chi connectivity index (χ4v) is 4.28. The summed E-state index contributed by atoms with van der Waals surface area (Å²) in [4.78, 5) is 23.2. The largest absolute Gasteiger partial charge is 0.506 e. The number of aromatic nitrogens is 2.